The van der Waals surface area contributed by atoms with Crippen LogP contribution >= 0.6 is 0 Å². The van der Waals surface area contributed by atoms with Gasteiger partial charge in [-0.15, -0.1) is 0 Å². The fourth-order valence-corrected chi connectivity index (χ4v) is 3.49. The molecule has 0 aliphatic heterocycles. The summed E-state index contributed by atoms with van der Waals surface area (Å²) < 4.78 is 15.4. The molecule has 0 radical (unpaired) electrons. The van der Waals surface area contributed by atoms with Gasteiger partial charge in [-0.1, -0.05) is 12.1 Å². The lowest BCUT2D eigenvalue weighted by Gasteiger charge is -2.14. The molecule has 4 aromatic rings. The SMILES string of the molecule is CC(=O)Nc1ccc(NC(=O)Cn2c(=O)n(Cc3ccc(F)cc3)c(=O)c3ncccc32)cc1. The monoisotopic (exact) mass is 461 g/mol. The van der Waals surface area contributed by atoms with Gasteiger partial charge in [-0.25, -0.2) is 14.2 Å². The number of fused-ring (bicyclic) bond motifs is 1. The van der Waals surface area contributed by atoms with Gasteiger partial charge in [0.2, 0.25) is 11.8 Å². The molecule has 10 heteroatoms. The average molecular weight is 461 g/mol. The number of carbonyl (C=O) groups excluding carboxylic acids is 2. The number of pyridine rings is 1. The number of aromatic nitrogens is 3. The molecule has 172 valence electrons. The van der Waals surface area contributed by atoms with Gasteiger partial charge in [0.05, 0.1) is 12.1 Å². The van der Waals surface area contributed by atoms with Crippen LogP contribution in [0.2, 0.25) is 0 Å². The second-order valence-corrected chi connectivity index (χ2v) is 7.56. The first-order chi connectivity index (χ1) is 16.3. The molecule has 2 heterocycles. The highest BCUT2D eigenvalue weighted by atomic mass is 19.1. The maximum atomic E-state index is 13.2. The molecule has 2 amide bonds. The van der Waals surface area contributed by atoms with Crippen LogP contribution < -0.4 is 21.9 Å². The predicted molar refractivity (Wildman–Crippen MR) is 125 cm³/mol. The highest BCUT2D eigenvalue weighted by Crippen LogP contribution is 2.14. The zero-order chi connectivity index (χ0) is 24.2. The number of anilines is 2. The fourth-order valence-electron chi connectivity index (χ4n) is 3.49. The van der Waals surface area contributed by atoms with Gasteiger partial charge in [0, 0.05) is 24.5 Å². The molecule has 0 fully saturated rings. The molecule has 0 saturated heterocycles. The minimum absolute atomic E-state index is 0.0386. The van der Waals surface area contributed by atoms with E-state index in [1.807, 2.05) is 0 Å². The molecule has 0 saturated carbocycles. The summed E-state index contributed by atoms with van der Waals surface area (Å²) in [5.41, 5.74) is 0.564. The van der Waals surface area contributed by atoms with E-state index >= 15 is 0 Å². The second kappa shape index (κ2) is 9.49. The molecule has 9 nitrogen and oxygen atoms in total. The van der Waals surface area contributed by atoms with Crippen LogP contribution in [-0.4, -0.2) is 25.9 Å². The molecule has 0 bridgehead atoms. The fraction of sp³-hybridized carbons (Fsp3) is 0.125. The molecule has 2 N–H and O–H groups in total. The summed E-state index contributed by atoms with van der Waals surface area (Å²) in [6.45, 7) is 0.928. The number of amides is 2. The van der Waals surface area contributed by atoms with E-state index in [0.29, 0.717) is 16.9 Å². The Morgan fingerprint density at radius 2 is 1.56 bits per heavy atom. The summed E-state index contributed by atoms with van der Waals surface area (Å²) >= 11 is 0. The van der Waals surface area contributed by atoms with Crippen molar-refractivity contribution in [1.82, 2.24) is 14.1 Å². The molecule has 34 heavy (non-hydrogen) atoms. The van der Waals surface area contributed by atoms with Gasteiger partial charge in [-0.05, 0) is 54.1 Å². The van der Waals surface area contributed by atoms with Crippen LogP contribution in [0, 0.1) is 5.82 Å². The quantitative estimate of drug-likeness (QED) is 0.457. The first-order valence-corrected chi connectivity index (χ1v) is 10.3. The lowest BCUT2D eigenvalue weighted by molar-refractivity contribution is -0.117. The van der Waals surface area contributed by atoms with E-state index < -0.39 is 23.0 Å². The summed E-state index contributed by atoms with van der Waals surface area (Å²) in [6, 6.07) is 15.0. The number of benzene rings is 2. The third-order valence-electron chi connectivity index (χ3n) is 5.03. The van der Waals surface area contributed by atoms with E-state index in [1.54, 1.807) is 36.4 Å². The Balaban J connectivity index is 1.65. The van der Waals surface area contributed by atoms with Crippen LogP contribution in [0.3, 0.4) is 0 Å². The largest absolute Gasteiger partial charge is 0.332 e. The van der Waals surface area contributed by atoms with Crippen molar-refractivity contribution in [2.24, 2.45) is 0 Å². The minimum atomic E-state index is -0.689. The van der Waals surface area contributed by atoms with Crippen LogP contribution in [0.4, 0.5) is 15.8 Å². The number of hydrogen-bond acceptors (Lipinski definition) is 5. The highest BCUT2D eigenvalue weighted by Gasteiger charge is 2.16. The first kappa shape index (κ1) is 22.6. The number of carbonyl (C=O) groups is 2. The van der Waals surface area contributed by atoms with E-state index in [-0.39, 0.29) is 30.0 Å². The molecule has 2 aromatic carbocycles. The van der Waals surface area contributed by atoms with Crippen LogP contribution in [-0.2, 0) is 22.7 Å². The van der Waals surface area contributed by atoms with Gasteiger partial charge in [0.15, 0.2) is 5.52 Å². The number of nitrogens with zero attached hydrogens (tertiary/aromatic N) is 3. The smallest absolute Gasteiger partial charge is 0.326 e. The average Bonchev–Trinajstić information content (AvgIpc) is 2.81. The Morgan fingerprint density at radius 1 is 0.912 bits per heavy atom. The predicted octanol–water partition coefficient (Wildman–Crippen LogP) is 2.34. The molecular formula is C24H20FN5O4. The van der Waals surface area contributed by atoms with Crippen molar-refractivity contribution in [2.75, 3.05) is 10.6 Å². The third-order valence-corrected chi connectivity index (χ3v) is 5.03. The zero-order valence-corrected chi connectivity index (χ0v) is 18.1. The van der Waals surface area contributed by atoms with Crippen molar-refractivity contribution in [3.8, 4) is 0 Å². The van der Waals surface area contributed by atoms with Gasteiger partial charge in [0.25, 0.3) is 5.56 Å². The van der Waals surface area contributed by atoms with Crippen molar-refractivity contribution in [1.29, 1.82) is 0 Å². The number of rotatable bonds is 6. The van der Waals surface area contributed by atoms with E-state index in [4.69, 9.17) is 0 Å². The molecule has 0 aliphatic carbocycles. The number of nitrogens with one attached hydrogen (secondary N) is 2. The van der Waals surface area contributed by atoms with Crippen LogP contribution in [0.5, 0.6) is 0 Å². The van der Waals surface area contributed by atoms with Crippen LogP contribution in [0.25, 0.3) is 11.0 Å². The molecule has 4 rings (SSSR count). The van der Waals surface area contributed by atoms with Crippen molar-refractivity contribution in [3.05, 3.63) is 99.1 Å². The van der Waals surface area contributed by atoms with Crippen LogP contribution in [0.15, 0.2) is 76.4 Å². The Bertz CT molecular complexity index is 1490. The molecular weight excluding hydrogens is 441 g/mol. The second-order valence-electron chi connectivity index (χ2n) is 7.56. The van der Waals surface area contributed by atoms with Gasteiger partial charge in [0.1, 0.15) is 12.4 Å². The first-order valence-electron chi connectivity index (χ1n) is 10.3. The molecule has 0 unspecified atom stereocenters. The van der Waals surface area contributed by atoms with Crippen molar-refractivity contribution < 1.29 is 14.0 Å². The standard InChI is InChI=1S/C24H20FN5O4/c1-15(31)27-18-8-10-19(11-9-18)28-21(32)14-29-20-3-2-12-26-22(20)23(33)30(24(29)34)13-16-4-6-17(25)7-5-16/h2-12H,13-14H2,1H3,(H,27,31)(H,28,32). The summed E-state index contributed by atoms with van der Waals surface area (Å²) in [5, 5.41) is 5.32. The summed E-state index contributed by atoms with van der Waals surface area (Å²) in [4.78, 5) is 54.1. The third kappa shape index (κ3) is 4.90. The van der Waals surface area contributed by atoms with Crippen molar-refractivity contribution in [3.63, 3.8) is 0 Å². The Morgan fingerprint density at radius 3 is 2.21 bits per heavy atom. The minimum Gasteiger partial charge on any atom is -0.326 e. The van der Waals surface area contributed by atoms with E-state index in [0.717, 1.165) is 4.57 Å². The lowest BCUT2D eigenvalue weighted by Crippen LogP contribution is -2.42. The summed E-state index contributed by atoms with van der Waals surface area (Å²) in [5.74, 6) is -1.14. The molecule has 0 spiro atoms. The number of halogens is 1. The van der Waals surface area contributed by atoms with Crippen LogP contribution in [0.1, 0.15) is 12.5 Å². The molecule has 0 aliphatic rings. The maximum absolute atomic E-state index is 13.2. The van der Waals surface area contributed by atoms with Crippen molar-refractivity contribution >= 4 is 34.2 Å². The van der Waals surface area contributed by atoms with E-state index in [2.05, 4.69) is 15.6 Å². The Labute approximate surface area is 192 Å². The van der Waals surface area contributed by atoms with Gasteiger partial charge in [-0.2, -0.15) is 0 Å². The maximum Gasteiger partial charge on any atom is 0.332 e. The van der Waals surface area contributed by atoms with Gasteiger partial charge >= 0.3 is 5.69 Å². The van der Waals surface area contributed by atoms with Gasteiger partial charge < -0.3 is 10.6 Å². The zero-order valence-electron chi connectivity index (χ0n) is 18.1. The van der Waals surface area contributed by atoms with E-state index in [9.17, 15) is 23.6 Å². The van der Waals surface area contributed by atoms with Gasteiger partial charge in [-0.3, -0.25) is 23.5 Å². The normalized spacial score (nSPS) is 10.8. The molecule has 0 atom stereocenters. The Kier molecular flexibility index (Phi) is 6.30. The summed E-state index contributed by atoms with van der Waals surface area (Å²) in [6.07, 6.45) is 1.43. The highest BCUT2D eigenvalue weighted by molar-refractivity contribution is 5.92. The van der Waals surface area contributed by atoms with Crippen molar-refractivity contribution in [2.45, 2.75) is 20.0 Å². The summed E-state index contributed by atoms with van der Waals surface area (Å²) in [7, 11) is 0. The topological polar surface area (TPSA) is 115 Å². The Hall–Kier alpha value is -4.60. The lowest BCUT2D eigenvalue weighted by atomic mass is 10.2. The van der Waals surface area contributed by atoms with E-state index in [1.165, 1.54) is 42.0 Å². The number of hydrogen-bond donors (Lipinski definition) is 2. The molecule has 2 aromatic heterocycles.